The summed E-state index contributed by atoms with van der Waals surface area (Å²) in [7, 11) is 0. The van der Waals surface area contributed by atoms with E-state index < -0.39 is 11.7 Å². The van der Waals surface area contributed by atoms with Crippen molar-refractivity contribution in [1.82, 2.24) is 14.8 Å². The lowest BCUT2D eigenvalue weighted by Crippen LogP contribution is -2.12. The number of nitrogens with one attached hydrogen (secondary N) is 1. The van der Waals surface area contributed by atoms with E-state index in [0.717, 1.165) is 18.6 Å². The summed E-state index contributed by atoms with van der Waals surface area (Å²) >= 11 is 0. The van der Waals surface area contributed by atoms with Crippen LogP contribution < -0.4 is 10.1 Å². The van der Waals surface area contributed by atoms with Gasteiger partial charge in [-0.05, 0) is 62.6 Å². The molecule has 0 bridgehead atoms. The molecule has 9 heteroatoms. The van der Waals surface area contributed by atoms with Crippen LogP contribution in [0.1, 0.15) is 57.9 Å². The van der Waals surface area contributed by atoms with Crippen LogP contribution in [0.2, 0.25) is 0 Å². The lowest BCUT2D eigenvalue weighted by Gasteiger charge is -2.11. The van der Waals surface area contributed by atoms with Gasteiger partial charge in [-0.1, -0.05) is 37.8 Å². The number of benzene rings is 2. The molecule has 35 heavy (non-hydrogen) atoms. The summed E-state index contributed by atoms with van der Waals surface area (Å²) in [5, 5.41) is 7.33. The average Bonchev–Trinajstić information content (AvgIpc) is 3.47. The molecule has 186 valence electrons. The van der Waals surface area contributed by atoms with Gasteiger partial charge in [-0.25, -0.2) is 4.68 Å². The zero-order valence-corrected chi connectivity index (χ0v) is 19.8. The Bertz CT molecular complexity index is 1130. The van der Waals surface area contributed by atoms with E-state index in [4.69, 9.17) is 4.74 Å². The van der Waals surface area contributed by atoms with Crippen molar-refractivity contribution >= 4 is 11.6 Å². The number of rotatable bonds is 8. The molecule has 0 spiro atoms. The first-order valence-corrected chi connectivity index (χ1v) is 11.9. The molecule has 0 unspecified atom stereocenters. The maximum atomic E-state index is 13.0. The molecule has 6 nitrogen and oxygen atoms in total. The van der Waals surface area contributed by atoms with Gasteiger partial charge in [0, 0.05) is 17.7 Å². The first kappa shape index (κ1) is 24.8. The molecule has 0 saturated heterocycles. The quantitative estimate of drug-likeness (QED) is 0.387. The first-order valence-electron chi connectivity index (χ1n) is 11.9. The highest BCUT2D eigenvalue weighted by Gasteiger charge is 2.30. The van der Waals surface area contributed by atoms with Crippen LogP contribution >= 0.6 is 0 Å². The zero-order chi connectivity index (χ0) is 25.0. The van der Waals surface area contributed by atoms with Gasteiger partial charge in [0.2, 0.25) is 5.91 Å². The Morgan fingerprint density at radius 2 is 1.74 bits per heavy atom. The number of hydrogen-bond acceptors (Lipinski definition) is 4. The highest BCUT2D eigenvalue weighted by atomic mass is 19.4. The fraction of sp³-hybridized carbons (Fsp3) is 0.423. The van der Waals surface area contributed by atoms with E-state index in [1.165, 1.54) is 42.5 Å². The van der Waals surface area contributed by atoms with Crippen LogP contribution in [0, 0.1) is 5.92 Å². The summed E-state index contributed by atoms with van der Waals surface area (Å²) in [4.78, 5) is 16.7. The Morgan fingerprint density at radius 1 is 1.09 bits per heavy atom. The number of halogens is 3. The molecule has 1 aliphatic rings. The van der Waals surface area contributed by atoms with E-state index >= 15 is 0 Å². The van der Waals surface area contributed by atoms with Crippen LogP contribution in [0.3, 0.4) is 0 Å². The summed E-state index contributed by atoms with van der Waals surface area (Å²) in [5.74, 6) is 0.993. The second-order valence-corrected chi connectivity index (χ2v) is 9.16. The molecular weight excluding hydrogens is 457 g/mol. The van der Waals surface area contributed by atoms with Crippen molar-refractivity contribution in [2.75, 3.05) is 5.32 Å². The number of alkyl halides is 3. The lowest BCUT2D eigenvalue weighted by atomic mass is 10.0. The molecule has 4 rings (SSSR count). The predicted octanol–water partition coefficient (Wildman–Crippen LogP) is 6.65. The highest BCUT2D eigenvalue weighted by Crippen LogP contribution is 2.32. The molecular formula is C26H29F3N4O2. The van der Waals surface area contributed by atoms with E-state index in [0.29, 0.717) is 35.1 Å². The summed E-state index contributed by atoms with van der Waals surface area (Å²) in [6.07, 6.45) is 1.76. The van der Waals surface area contributed by atoms with Crippen molar-refractivity contribution < 1.29 is 22.7 Å². The number of anilines is 1. The van der Waals surface area contributed by atoms with Gasteiger partial charge in [0.25, 0.3) is 0 Å². The lowest BCUT2D eigenvalue weighted by molar-refractivity contribution is -0.137. The molecule has 1 aliphatic carbocycles. The van der Waals surface area contributed by atoms with Crippen LogP contribution in [0.5, 0.6) is 6.01 Å². The first-order chi connectivity index (χ1) is 16.7. The molecule has 0 radical (unpaired) electrons. The predicted molar refractivity (Wildman–Crippen MR) is 127 cm³/mol. The number of ether oxygens (including phenoxy) is 1. The second kappa shape index (κ2) is 10.5. The topological polar surface area (TPSA) is 69.0 Å². The minimum Gasteiger partial charge on any atom is -0.460 e. The van der Waals surface area contributed by atoms with Crippen molar-refractivity contribution in [3.63, 3.8) is 0 Å². The molecule has 3 aromatic rings. The fourth-order valence-corrected chi connectivity index (χ4v) is 4.27. The van der Waals surface area contributed by atoms with Gasteiger partial charge < -0.3 is 10.1 Å². The number of carbonyl (C=O) groups is 1. The minimum atomic E-state index is -4.42. The number of amides is 1. The van der Waals surface area contributed by atoms with Gasteiger partial charge in [-0.2, -0.15) is 18.2 Å². The van der Waals surface area contributed by atoms with E-state index in [1.54, 1.807) is 24.3 Å². The summed E-state index contributed by atoms with van der Waals surface area (Å²) < 4.78 is 46.1. The standard InChI is InChI=1S/C26H29F3N4O2/c1-17(2)35-25-31-24(19-8-10-20(11-9-19)26(27,28)29)33(32-25)22-14-12-21(13-15-22)30-23(34)16-7-18-5-3-4-6-18/h8-15,17-18H,3-7,16H2,1-2H3,(H,30,34). The Kier molecular flexibility index (Phi) is 7.42. The van der Waals surface area contributed by atoms with Crippen molar-refractivity contribution in [3.8, 4) is 23.1 Å². The minimum absolute atomic E-state index is 0.0107. The fourth-order valence-electron chi connectivity index (χ4n) is 4.27. The van der Waals surface area contributed by atoms with Gasteiger partial charge >= 0.3 is 12.2 Å². The Hall–Kier alpha value is -3.36. The smallest absolute Gasteiger partial charge is 0.416 e. The summed E-state index contributed by atoms with van der Waals surface area (Å²) in [5.41, 5.74) is 1.03. The van der Waals surface area contributed by atoms with Crippen LogP contribution in [0.25, 0.3) is 17.1 Å². The maximum absolute atomic E-state index is 13.0. The molecule has 0 atom stereocenters. The van der Waals surface area contributed by atoms with Crippen LogP contribution in [0.4, 0.5) is 18.9 Å². The molecule has 1 amide bonds. The third-order valence-electron chi connectivity index (χ3n) is 6.05. The summed E-state index contributed by atoms with van der Waals surface area (Å²) in [6.45, 7) is 3.67. The van der Waals surface area contributed by atoms with Gasteiger partial charge in [0.1, 0.15) is 0 Å². The number of nitrogens with zero attached hydrogens (tertiary/aromatic N) is 3. The second-order valence-electron chi connectivity index (χ2n) is 9.16. The Balaban J connectivity index is 1.53. The monoisotopic (exact) mass is 486 g/mol. The highest BCUT2D eigenvalue weighted by molar-refractivity contribution is 5.90. The molecule has 1 heterocycles. The van der Waals surface area contributed by atoms with Gasteiger partial charge in [-0.3, -0.25) is 4.79 Å². The number of hydrogen-bond donors (Lipinski definition) is 1. The Morgan fingerprint density at radius 3 is 2.34 bits per heavy atom. The van der Waals surface area contributed by atoms with Crippen molar-refractivity contribution in [3.05, 3.63) is 54.1 Å². The number of carbonyl (C=O) groups excluding carboxylic acids is 1. The Labute approximate surface area is 202 Å². The largest absolute Gasteiger partial charge is 0.460 e. The normalized spacial score (nSPS) is 14.5. The van der Waals surface area contributed by atoms with E-state index in [-0.39, 0.29) is 18.0 Å². The van der Waals surface area contributed by atoms with Crippen LogP contribution in [-0.4, -0.2) is 26.8 Å². The summed E-state index contributed by atoms with van der Waals surface area (Å²) in [6, 6.07) is 12.0. The van der Waals surface area contributed by atoms with E-state index in [2.05, 4.69) is 15.4 Å². The average molecular weight is 487 g/mol. The van der Waals surface area contributed by atoms with Crippen molar-refractivity contribution in [2.24, 2.45) is 5.92 Å². The molecule has 1 aromatic heterocycles. The third-order valence-corrected chi connectivity index (χ3v) is 6.05. The van der Waals surface area contributed by atoms with Crippen LogP contribution in [-0.2, 0) is 11.0 Å². The van der Waals surface area contributed by atoms with E-state index in [1.807, 2.05) is 13.8 Å². The van der Waals surface area contributed by atoms with Crippen molar-refractivity contribution in [2.45, 2.75) is 64.7 Å². The van der Waals surface area contributed by atoms with Gasteiger partial charge in [0.15, 0.2) is 5.82 Å². The molecule has 0 aliphatic heterocycles. The molecule has 1 N–H and O–H groups in total. The van der Waals surface area contributed by atoms with Gasteiger partial charge in [0.05, 0.1) is 17.4 Å². The van der Waals surface area contributed by atoms with E-state index in [9.17, 15) is 18.0 Å². The van der Waals surface area contributed by atoms with Gasteiger partial charge in [-0.15, -0.1) is 5.10 Å². The molecule has 2 aromatic carbocycles. The van der Waals surface area contributed by atoms with Crippen molar-refractivity contribution in [1.29, 1.82) is 0 Å². The molecule has 1 fully saturated rings. The maximum Gasteiger partial charge on any atom is 0.416 e. The number of aromatic nitrogens is 3. The SMILES string of the molecule is CC(C)Oc1nc(-c2ccc(C(F)(F)F)cc2)n(-c2ccc(NC(=O)CCC3CCCC3)cc2)n1. The van der Waals surface area contributed by atoms with Crippen LogP contribution in [0.15, 0.2) is 48.5 Å². The zero-order valence-electron chi connectivity index (χ0n) is 19.8. The molecule has 1 saturated carbocycles. The third kappa shape index (κ3) is 6.41.